The molecule has 31 heavy (non-hydrogen) atoms. The van der Waals surface area contributed by atoms with E-state index in [9.17, 15) is 9.59 Å². The van der Waals surface area contributed by atoms with Crippen LogP contribution in [0.2, 0.25) is 0 Å². The molecule has 0 spiro atoms. The minimum Gasteiger partial charge on any atom is -0.464 e. The minimum atomic E-state index is -1.05. The fraction of sp³-hybridized carbons (Fsp3) is 0.680. The summed E-state index contributed by atoms with van der Waals surface area (Å²) in [5.41, 5.74) is 1.19. The van der Waals surface area contributed by atoms with Gasteiger partial charge in [-0.2, -0.15) is 0 Å². The van der Waals surface area contributed by atoms with Crippen molar-refractivity contribution in [3.05, 3.63) is 35.4 Å². The van der Waals surface area contributed by atoms with E-state index >= 15 is 0 Å². The van der Waals surface area contributed by atoms with Gasteiger partial charge in [0.2, 0.25) is 0 Å². The van der Waals surface area contributed by atoms with Crippen molar-refractivity contribution in [2.75, 3.05) is 33.2 Å². The molecule has 3 unspecified atom stereocenters. The lowest BCUT2D eigenvalue weighted by molar-refractivity contribution is -0.171. The van der Waals surface area contributed by atoms with Crippen molar-refractivity contribution < 1.29 is 23.8 Å². The molecular weight excluding hydrogens is 411 g/mol. The normalized spacial score (nSPS) is 15.6. The van der Waals surface area contributed by atoms with Crippen LogP contribution >= 0.6 is 7.26 Å². The molecule has 5 nitrogen and oxygen atoms in total. The van der Waals surface area contributed by atoms with Crippen molar-refractivity contribution in [1.29, 1.82) is 0 Å². The lowest BCUT2D eigenvalue weighted by Crippen LogP contribution is -2.41. The highest BCUT2D eigenvalue weighted by Crippen LogP contribution is 2.49. The molecule has 1 aromatic carbocycles. The van der Waals surface area contributed by atoms with Crippen LogP contribution in [0.5, 0.6) is 0 Å². The average Bonchev–Trinajstić information content (AvgIpc) is 2.73. The average molecular weight is 454 g/mol. The molecule has 0 aliphatic rings. The van der Waals surface area contributed by atoms with Crippen LogP contribution < -0.4 is 0 Å². The zero-order valence-corrected chi connectivity index (χ0v) is 21.6. The summed E-state index contributed by atoms with van der Waals surface area (Å²) in [7, 11) is -0.891. The summed E-state index contributed by atoms with van der Waals surface area (Å²) in [5.74, 6) is -0.926. The van der Waals surface area contributed by atoms with Gasteiger partial charge in [-0.15, -0.1) is 0 Å². The molecule has 176 valence electrons. The van der Waals surface area contributed by atoms with Crippen LogP contribution in [0.1, 0.15) is 58.6 Å². The molecule has 0 aliphatic heterocycles. The second-order valence-corrected chi connectivity index (χ2v) is 14.7. The van der Waals surface area contributed by atoms with Gasteiger partial charge in [-0.3, -0.25) is 9.59 Å². The van der Waals surface area contributed by atoms with Crippen LogP contribution in [-0.4, -0.2) is 51.3 Å². The first-order valence-electron chi connectivity index (χ1n) is 11.2. The Balaban J connectivity index is 2.78. The van der Waals surface area contributed by atoms with Gasteiger partial charge in [0.05, 0.1) is 24.8 Å². The molecule has 6 heteroatoms. The Hall–Kier alpha value is -1.45. The molecule has 0 aromatic heterocycles. The molecule has 0 radical (unpaired) electrons. The van der Waals surface area contributed by atoms with Gasteiger partial charge >= 0.3 is 11.9 Å². The summed E-state index contributed by atoms with van der Waals surface area (Å²) in [6.07, 6.45) is 2.63. The van der Waals surface area contributed by atoms with Gasteiger partial charge in [-0.05, 0) is 37.8 Å². The third-order valence-electron chi connectivity index (χ3n) is 5.35. The van der Waals surface area contributed by atoms with E-state index < -0.39 is 18.6 Å². The van der Waals surface area contributed by atoms with Crippen molar-refractivity contribution in [3.8, 4) is 0 Å². The number of hydrogen-bond acceptors (Lipinski definition) is 5. The number of rotatable bonds is 13. The summed E-state index contributed by atoms with van der Waals surface area (Å²) in [5, 5.41) is 0. The van der Waals surface area contributed by atoms with Gasteiger partial charge in [-0.1, -0.05) is 45.0 Å². The highest BCUT2D eigenvalue weighted by Gasteiger charge is 2.38. The van der Waals surface area contributed by atoms with E-state index in [1.54, 1.807) is 6.92 Å². The second-order valence-electron chi connectivity index (χ2n) is 9.85. The standard InChI is InChI=1S/C25H42O5P/c1-9-19(3)23(26)30-18-25(5,17-29-20(4)10-2)24(27)28-15-21-11-13-22(14-12-21)16-31(6,7)8/h11-14,19-20H,9-10,15-18H2,1-8H3/q+1. The van der Waals surface area contributed by atoms with Crippen LogP contribution in [0, 0.1) is 11.3 Å². The van der Waals surface area contributed by atoms with Crippen molar-refractivity contribution >= 4 is 19.2 Å². The maximum Gasteiger partial charge on any atom is 0.317 e. The van der Waals surface area contributed by atoms with Gasteiger partial charge in [0.15, 0.2) is 0 Å². The monoisotopic (exact) mass is 453 g/mol. The number of carbonyl (C=O) groups excluding carboxylic acids is 2. The van der Waals surface area contributed by atoms with Crippen LogP contribution in [0.3, 0.4) is 0 Å². The highest BCUT2D eigenvalue weighted by atomic mass is 31.2. The van der Waals surface area contributed by atoms with E-state index in [0.29, 0.717) is 6.42 Å². The molecule has 0 saturated carbocycles. The Morgan fingerprint density at radius 1 is 0.935 bits per heavy atom. The predicted octanol–water partition coefficient (Wildman–Crippen LogP) is 5.55. The summed E-state index contributed by atoms with van der Waals surface area (Å²) in [6, 6.07) is 8.23. The fourth-order valence-electron chi connectivity index (χ4n) is 2.75. The Bertz CT molecular complexity index is 695. The highest BCUT2D eigenvalue weighted by molar-refractivity contribution is 7.72. The van der Waals surface area contributed by atoms with Crippen molar-refractivity contribution in [3.63, 3.8) is 0 Å². The molecule has 0 aliphatic carbocycles. The quantitative estimate of drug-likeness (QED) is 0.290. The molecule has 1 rings (SSSR count). The lowest BCUT2D eigenvalue weighted by Gasteiger charge is -2.28. The molecule has 0 bridgehead atoms. The minimum absolute atomic E-state index is 0.00981. The lowest BCUT2D eigenvalue weighted by atomic mass is 9.92. The Kier molecular flexibility index (Phi) is 11.2. The molecule has 0 heterocycles. The van der Waals surface area contributed by atoms with Crippen LogP contribution in [0.4, 0.5) is 0 Å². The van der Waals surface area contributed by atoms with Gasteiger partial charge in [0.25, 0.3) is 0 Å². The number of ether oxygens (including phenoxy) is 3. The first-order chi connectivity index (χ1) is 14.4. The third-order valence-corrected chi connectivity index (χ3v) is 6.67. The van der Waals surface area contributed by atoms with Gasteiger partial charge in [0, 0.05) is 27.3 Å². The van der Waals surface area contributed by atoms with E-state index in [-0.39, 0.29) is 37.8 Å². The van der Waals surface area contributed by atoms with Gasteiger partial charge in [-0.25, -0.2) is 0 Å². The number of hydrogen-bond donors (Lipinski definition) is 0. The topological polar surface area (TPSA) is 61.8 Å². The van der Waals surface area contributed by atoms with Crippen LogP contribution in [0.25, 0.3) is 0 Å². The van der Waals surface area contributed by atoms with Gasteiger partial charge < -0.3 is 14.2 Å². The largest absolute Gasteiger partial charge is 0.464 e. The number of esters is 2. The summed E-state index contributed by atoms with van der Waals surface area (Å²) < 4.78 is 16.9. The van der Waals surface area contributed by atoms with E-state index in [1.807, 2.05) is 39.8 Å². The maximum atomic E-state index is 13.0. The van der Waals surface area contributed by atoms with E-state index in [1.165, 1.54) is 5.56 Å². The van der Waals surface area contributed by atoms with E-state index in [0.717, 1.165) is 18.1 Å². The second kappa shape index (κ2) is 12.6. The molecule has 1 aromatic rings. The fourth-order valence-corrected chi connectivity index (χ4v) is 4.06. The Labute approximate surface area is 189 Å². The Morgan fingerprint density at radius 3 is 2.03 bits per heavy atom. The predicted molar refractivity (Wildman–Crippen MR) is 129 cm³/mol. The van der Waals surface area contributed by atoms with Crippen molar-refractivity contribution in [1.82, 2.24) is 0 Å². The SMILES string of the molecule is CCC(C)OCC(C)(COC(=O)C(C)CC)C(=O)OCc1ccc(C[P+](C)(C)C)cc1. The smallest absolute Gasteiger partial charge is 0.317 e. The number of carbonyl (C=O) groups is 2. The molecule has 0 fully saturated rings. The summed E-state index contributed by atoms with van der Waals surface area (Å²) in [6.45, 7) is 16.7. The zero-order chi connectivity index (χ0) is 23.7. The molecule has 0 N–H and O–H groups in total. The Morgan fingerprint density at radius 2 is 1.52 bits per heavy atom. The van der Waals surface area contributed by atoms with Gasteiger partial charge in [0.1, 0.15) is 18.6 Å². The van der Waals surface area contributed by atoms with Crippen molar-refractivity contribution in [2.24, 2.45) is 11.3 Å². The number of benzene rings is 1. The molecule has 0 saturated heterocycles. The maximum absolute atomic E-state index is 13.0. The molecule has 3 atom stereocenters. The summed E-state index contributed by atoms with van der Waals surface area (Å²) in [4.78, 5) is 25.1. The molecular formula is C25H42O5P+. The van der Waals surface area contributed by atoms with Crippen LogP contribution in [-0.2, 0) is 36.6 Å². The first-order valence-corrected chi connectivity index (χ1v) is 14.6. The van der Waals surface area contributed by atoms with Crippen LogP contribution in [0.15, 0.2) is 24.3 Å². The third kappa shape index (κ3) is 10.1. The molecule has 0 amide bonds. The van der Waals surface area contributed by atoms with E-state index in [4.69, 9.17) is 14.2 Å². The van der Waals surface area contributed by atoms with E-state index in [2.05, 4.69) is 32.1 Å². The summed E-state index contributed by atoms with van der Waals surface area (Å²) >= 11 is 0. The zero-order valence-electron chi connectivity index (χ0n) is 20.7. The first kappa shape index (κ1) is 27.6. The van der Waals surface area contributed by atoms with Crippen molar-refractivity contribution in [2.45, 2.75) is 66.3 Å².